The van der Waals surface area contributed by atoms with Gasteiger partial charge in [-0.2, -0.15) is 14.4 Å². The molecule has 6 aromatic heterocycles. The Bertz CT molecular complexity index is 5610. The van der Waals surface area contributed by atoms with Crippen molar-refractivity contribution in [2.24, 2.45) is 35.5 Å². The summed E-state index contributed by atoms with van der Waals surface area (Å²) in [4.78, 5) is 111. The van der Waals surface area contributed by atoms with Gasteiger partial charge in [-0.05, 0) is 162 Å². The summed E-state index contributed by atoms with van der Waals surface area (Å²) < 4.78 is 81.7. The van der Waals surface area contributed by atoms with Gasteiger partial charge in [0.25, 0.3) is 17.7 Å². The highest BCUT2D eigenvalue weighted by Crippen LogP contribution is 2.43. The van der Waals surface area contributed by atoms with Crippen LogP contribution in [0.1, 0.15) is 169 Å². The first kappa shape index (κ1) is 103. The number of ether oxygens (including phenoxy) is 7. The van der Waals surface area contributed by atoms with Crippen molar-refractivity contribution in [1.29, 1.82) is 0 Å². The maximum atomic E-state index is 14.9. The molecule has 5 aliphatic rings. The van der Waals surface area contributed by atoms with Crippen LogP contribution in [0.15, 0.2) is 126 Å². The molecule has 736 valence electrons. The number of amides is 2. The van der Waals surface area contributed by atoms with Gasteiger partial charge in [0.05, 0.1) is 92.7 Å². The number of piperazine rings is 1. The van der Waals surface area contributed by atoms with E-state index in [4.69, 9.17) is 64.1 Å². The van der Waals surface area contributed by atoms with Gasteiger partial charge < -0.3 is 79.5 Å². The number of nitrogen functional groups attached to an aromatic ring is 2. The molecule has 10 heterocycles. The van der Waals surface area contributed by atoms with Crippen LogP contribution in [0.25, 0.3) is 55.8 Å². The predicted octanol–water partition coefficient (Wildman–Crippen LogP) is 9.34. The zero-order valence-electron chi connectivity index (χ0n) is 79.4. The van der Waals surface area contributed by atoms with Crippen molar-refractivity contribution in [1.82, 2.24) is 79.2 Å². The summed E-state index contributed by atoms with van der Waals surface area (Å²) in [5, 5.41) is 60.9. The third-order valence-corrected chi connectivity index (χ3v) is 28.8. The number of nitrogens with zero attached hydrogens (tertiary/aromatic N) is 16. The largest absolute Gasteiger partial charge is 0.460 e. The fourth-order valence-corrected chi connectivity index (χ4v) is 20.3. The van der Waals surface area contributed by atoms with E-state index in [1.54, 1.807) is 77.5 Å². The highest BCUT2D eigenvalue weighted by Gasteiger charge is 2.53. The maximum absolute atomic E-state index is 14.9. The molecule has 1 saturated carbocycles. The molecule has 4 aliphatic heterocycles. The Morgan fingerprint density at radius 2 is 1.51 bits per heavy atom. The average molecular weight is 1900 g/mol. The molecule has 4 fully saturated rings. The Labute approximate surface area is 793 Å². The number of anilines is 3. The van der Waals surface area contributed by atoms with Gasteiger partial charge in [-0.1, -0.05) is 99.7 Å². The van der Waals surface area contributed by atoms with Crippen molar-refractivity contribution < 1.29 is 90.1 Å². The molecule has 0 radical (unpaired) electrons. The smallest absolute Gasteiger partial charge is 0.329 e. The summed E-state index contributed by atoms with van der Waals surface area (Å²) in [5.41, 5.74) is 20.1. The van der Waals surface area contributed by atoms with Crippen LogP contribution in [-0.2, 0) is 91.5 Å². The fraction of sp³-hybridized carbons (Fsp3) is 0.588. The Kier molecular flexibility index (Phi) is 36.5. The number of oxazole rings is 1. The second-order valence-electron chi connectivity index (χ2n) is 36.8. The Hall–Kier alpha value is -10.9. The monoisotopic (exact) mass is 1900 g/mol. The average Bonchev–Trinajstić information content (AvgIpc) is 1.72. The predicted molar refractivity (Wildman–Crippen MR) is 507 cm³/mol. The topological polar surface area (TPSA) is 492 Å². The summed E-state index contributed by atoms with van der Waals surface area (Å²) in [6, 6.07) is 12.0. The zero-order chi connectivity index (χ0) is 96.7. The van der Waals surface area contributed by atoms with Crippen molar-refractivity contribution in [3.05, 3.63) is 127 Å². The number of sulfonamides is 1. The number of aliphatic hydroxyl groups is 3. The normalized spacial score (nSPS) is 26.5. The van der Waals surface area contributed by atoms with E-state index in [0.717, 1.165) is 52.8 Å². The Morgan fingerprint density at radius 1 is 0.750 bits per heavy atom. The molecule has 38 nitrogen and oxygen atoms in total. The SMILES string of the molecule is CO[C@@H]1C[C@@H]2CC[C@@H](C)[C@@](O)(O2)C(=O)C(=O)N2CCCC[C@H]2C(=O)O[C@H]([C@H](C)C[C@@H]2CC[C@H](n3nncc3-c3cccc(-c4cnc(N5CCN(S(=O)(=O)CCc6cn(CCOCCOCCOCCCCC(=O)NCCCCn7nc(-c8ccc9oc(N)nc9c8)c8c(N)ncnc87)nn6)CC5)nc4)c3)[C@H](OC)C2)CC(=O)[C@H](C)/C=C(/C)[C@H](O)[C@@H](O)C(=O)[C@H](C)C[C@H](C)\C=C/C=C\C=C/1C. The number of carbonyl (C=O) groups is 6. The summed E-state index contributed by atoms with van der Waals surface area (Å²) in [5.74, 6) is -8.57. The summed E-state index contributed by atoms with van der Waals surface area (Å²) >= 11 is 0. The summed E-state index contributed by atoms with van der Waals surface area (Å²) in [6.45, 7) is 17.6. The molecule has 2 aromatic carbocycles. The minimum Gasteiger partial charge on any atom is -0.460 e. The van der Waals surface area contributed by atoms with E-state index in [9.17, 15) is 52.5 Å². The molecule has 2 amide bonds. The molecular weight excluding hydrogens is 1770 g/mol. The minimum absolute atomic E-state index is 0.000890. The second kappa shape index (κ2) is 48.4. The second-order valence-corrected chi connectivity index (χ2v) is 38.9. The number of Topliss-reactive ketones (excluding diaryl/α,β-unsaturated/α-hetero) is 3. The van der Waals surface area contributed by atoms with Crippen LogP contribution in [0, 0.1) is 35.5 Å². The number of methoxy groups -OCH3 is 2. The standard InChI is InChI=1S/C97H133N19O19S/c1-61-20-11-10-12-21-62(2)81(128-8)54-74-29-26-67(7)97(125,135-74)90(122)93(123)114-34-16-13-24-77(114)94(124)133-82(55-79(117)63(3)49-66(6)88(120)89(121)87(119)65(5)48-61)64(4)50-68-27-30-76(83(51-68)129-9)116-78(58-105-109-116)70-23-19-22-69(52-70)72-56-101-96(102-57-72)111-36-38-113(39-37-111)136(126,127)47-32-73-59-112(110-107-73)40-42-131-44-46-132-45-43-130-41-18-14-25-84(118)100-33-15-17-35-115-92-85(91(98)103-60-104-92)86(108-115)71-28-31-80-75(53-71)106-95(99)134-80/h10-12,19-23,28,31,49,52-53,56-61,63-65,67-68,74,76-77,81-83,88-89,120-121,125H,13-18,24-27,29-30,32-48,50-51,54-55H2,1-9H3,(H2,99,106)(H,100,118)(H2,98,103,104)/b12-10-,20-11-,62-21-,66-49-/t61-,63-,64-,65-,67-,68+,74+,76+,77+,81-,82+,83-,88+,89+,97-/m1/s1. The molecule has 8 aromatic rings. The van der Waals surface area contributed by atoms with Crippen molar-refractivity contribution in [3.8, 4) is 33.6 Å². The molecule has 2 bridgehead atoms. The molecule has 1 aliphatic carbocycles. The molecule has 3 saturated heterocycles. The van der Waals surface area contributed by atoms with Crippen LogP contribution in [0.4, 0.5) is 17.8 Å². The minimum atomic E-state index is -3.64. The number of allylic oxidation sites excluding steroid dienone is 6. The fourth-order valence-electron chi connectivity index (χ4n) is 18.8. The van der Waals surface area contributed by atoms with Gasteiger partial charge in [0.2, 0.25) is 27.7 Å². The first-order valence-corrected chi connectivity index (χ1v) is 49.3. The first-order valence-electron chi connectivity index (χ1n) is 47.7. The highest BCUT2D eigenvalue weighted by molar-refractivity contribution is 7.89. The van der Waals surface area contributed by atoms with Crippen LogP contribution >= 0.6 is 0 Å². The number of rotatable bonds is 33. The number of hydrogen-bond donors (Lipinski definition) is 6. The van der Waals surface area contributed by atoms with E-state index in [1.807, 2.05) is 102 Å². The number of cyclic esters (lactones) is 1. The highest BCUT2D eigenvalue weighted by atomic mass is 32.2. The molecule has 0 spiro atoms. The number of piperidine rings is 1. The van der Waals surface area contributed by atoms with E-state index in [1.165, 1.54) is 21.6 Å². The molecule has 13 rings (SSSR count). The molecule has 39 heteroatoms. The van der Waals surface area contributed by atoms with Crippen LogP contribution in [0.3, 0.4) is 0 Å². The van der Waals surface area contributed by atoms with Gasteiger partial charge in [0.1, 0.15) is 53.5 Å². The van der Waals surface area contributed by atoms with Crippen molar-refractivity contribution >= 4 is 85.1 Å². The van der Waals surface area contributed by atoms with Gasteiger partial charge in [-0.15, -0.1) is 10.2 Å². The number of aryl methyl sites for hydroxylation is 2. The lowest BCUT2D eigenvalue weighted by Gasteiger charge is -2.42. The number of hydrogen-bond acceptors (Lipinski definition) is 32. The lowest BCUT2D eigenvalue weighted by atomic mass is 9.77. The van der Waals surface area contributed by atoms with Crippen molar-refractivity contribution in [3.63, 3.8) is 0 Å². The number of benzene rings is 2. The van der Waals surface area contributed by atoms with E-state index < -0.39 is 99.5 Å². The number of nitrogens with two attached hydrogens (primary N) is 2. The van der Waals surface area contributed by atoms with E-state index in [2.05, 4.69) is 40.9 Å². The third-order valence-electron chi connectivity index (χ3n) is 26.9. The lowest BCUT2D eigenvalue weighted by molar-refractivity contribution is -0.265. The molecule has 136 heavy (non-hydrogen) atoms. The van der Waals surface area contributed by atoms with Crippen LogP contribution in [0.2, 0.25) is 0 Å². The van der Waals surface area contributed by atoms with Gasteiger partial charge in [0, 0.05) is 145 Å². The van der Waals surface area contributed by atoms with Crippen LogP contribution in [0.5, 0.6) is 0 Å². The summed E-state index contributed by atoms with van der Waals surface area (Å²) in [7, 11) is -0.423. The number of aliphatic hydroxyl groups excluding tert-OH is 2. The first-order chi connectivity index (χ1) is 65.5. The number of aromatic nitrogens is 13. The maximum Gasteiger partial charge on any atom is 0.329 e. The quantitative estimate of drug-likeness (QED) is 0.00964. The number of fused-ring (bicyclic) bond motifs is 5. The van der Waals surface area contributed by atoms with Gasteiger partial charge in [0.15, 0.2) is 17.0 Å². The van der Waals surface area contributed by atoms with E-state index in [0.29, 0.717) is 188 Å². The van der Waals surface area contributed by atoms with Crippen molar-refractivity contribution in [2.75, 3.05) is 115 Å². The van der Waals surface area contributed by atoms with Gasteiger partial charge in [-0.25, -0.2) is 47.2 Å². The molecule has 0 unspecified atom stereocenters. The molecular formula is C97H133N19O19S. The van der Waals surface area contributed by atoms with Crippen LogP contribution in [-0.4, -0.2) is 280 Å². The van der Waals surface area contributed by atoms with Gasteiger partial charge in [-0.3, -0.25) is 24.0 Å². The number of nitrogens with one attached hydrogen (secondary N) is 1. The summed E-state index contributed by atoms with van der Waals surface area (Å²) in [6.07, 6.45) is 21.7. The number of unbranched alkanes of at least 4 members (excludes halogenated alkanes) is 2. The number of esters is 1. The lowest BCUT2D eigenvalue weighted by Crippen LogP contribution is -2.61. The number of ketones is 3. The molecule has 8 N–H and O–H groups in total. The zero-order valence-corrected chi connectivity index (χ0v) is 80.2. The van der Waals surface area contributed by atoms with Crippen LogP contribution < -0.4 is 21.7 Å². The molecule has 15 atom stereocenters. The number of carbonyl (C=O) groups excluding carboxylic acids is 6. The van der Waals surface area contributed by atoms with Gasteiger partial charge >= 0.3 is 5.97 Å². The van der Waals surface area contributed by atoms with E-state index >= 15 is 0 Å². The van der Waals surface area contributed by atoms with Crippen molar-refractivity contribution in [2.45, 2.75) is 232 Å². The Balaban J connectivity index is 0.530. The van der Waals surface area contributed by atoms with E-state index in [-0.39, 0.29) is 98.3 Å². The Morgan fingerprint density at radius 3 is 2.29 bits per heavy atom. The third kappa shape index (κ3) is 26.5.